The Bertz CT molecular complexity index is 1330. The van der Waals surface area contributed by atoms with Crippen LogP contribution in [0.4, 0.5) is 18.0 Å². The number of aromatic nitrogens is 1. The number of hydrogen-bond acceptors (Lipinski definition) is 10. The van der Waals surface area contributed by atoms with Crippen molar-refractivity contribution in [2.24, 2.45) is 0 Å². The lowest BCUT2D eigenvalue weighted by molar-refractivity contribution is -0.153. The molecule has 3 heterocycles. The molecule has 3 atom stereocenters. The van der Waals surface area contributed by atoms with Crippen molar-refractivity contribution in [3.8, 4) is 17.4 Å². The van der Waals surface area contributed by atoms with E-state index in [9.17, 15) is 36.4 Å². The van der Waals surface area contributed by atoms with E-state index in [0.29, 0.717) is 12.8 Å². The van der Waals surface area contributed by atoms with Gasteiger partial charge in [-0.25, -0.2) is 23.7 Å². The summed E-state index contributed by atoms with van der Waals surface area (Å²) < 4.78 is 85.3. The number of halogens is 3. The first-order valence-corrected chi connectivity index (χ1v) is 13.7. The van der Waals surface area contributed by atoms with Gasteiger partial charge in [-0.05, 0) is 43.2 Å². The van der Waals surface area contributed by atoms with Crippen molar-refractivity contribution in [3.63, 3.8) is 0 Å². The first-order chi connectivity index (χ1) is 19.4. The molecule has 0 aliphatic carbocycles. The van der Waals surface area contributed by atoms with Crippen LogP contribution in [-0.2, 0) is 24.3 Å². The summed E-state index contributed by atoms with van der Waals surface area (Å²) in [7, 11) is -2.90. The Labute approximate surface area is 232 Å². The van der Waals surface area contributed by atoms with Gasteiger partial charge in [-0.2, -0.15) is 17.5 Å². The van der Waals surface area contributed by atoms with Crippen LogP contribution in [0.2, 0.25) is 0 Å². The van der Waals surface area contributed by atoms with Crippen molar-refractivity contribution < 1.29 is 55.3 Å². The highest BCUT2D eigenvalue weighted by molar-refractivity contribution is 7.89. The van der Waals surface area contributed by atoms with Crippen LogP contribution in [0.15, 0.2) is 47.5 Å². The maximum atomic E-state index is 13.6. The van der Waals surface area contributed by atoms with Gasteiger partial charge in [0, 0.05) is 25.8 Å². The maximum absolute atomic E-state index is 13.6. The number of methoxy groups -OCH3 is 1. The molecule has 0 spiro atoms. The highest BCUT2D eigenvalue weighted by Gasteiger charge is 2.55. The largest absolute Gasteiger partial charge is 0.484 e. The molecule has 2 bridgehead atoms. The second-order valence-electron chi connectivity index (χ2n) is 9.12. The topological polar surface area (TPSA) is 157 Å². The number of carbonyl (C=O) groups excluding carboxylic acids is 2. The number of nitrogens with zero attached hydrogens (tertiary/aromatic N) is 3. The average Bonchev–Trinajstić information content (AvgIpc) is 3.25. The van der Waals surface area contributed by atoms with E-state index in [1.165, 1.54) is 53.9 Å². The number of benzene rings is 1. The molecule has 0 unspecified atom stereocenters. The van der Waals surface area contributed by atoms with Crippen LogP contribution >= 0.6 is 0 Å². The molecule has 0 radical (unpaired) electrons. The number of fused-ring (bicyclic) bond motifs is 2. The molecule has 17 heteroatoms. The van der Waals surface area contributed by atoms with Gasteiger partial charge in [0.1, 0.15) is 29.0 Å². The number of rotatable bonds is 10. The number of pyridine rings is 1. The minimum atomic E-state index is -4.48. The van der Waals surface area contributed by atoms with Crippen LogP contribution < -0.4 is 15.0 Å². The highest BCUT2D eigenvalue weighted by atomic mass is 32.2. The summed E-state index contributed by atoms with van der Waals surface area (Å²) in [6.45, 7) is -1.54. The summed E-state index contributed by atoms with van der Waals surface area (Å²) in [5.74, 6) is -0.842. The summed E-state index contributed by atoms with van der Waals surface area (Å²) in [4.78, 5) is 30.4. The molecule has 2 aromatic rings. The van der Waals surface area contributed by atoms with Crippen LogP contribution in [0.1, 0.15) is 12.8 Å². The fourth-order valence-electron chi connectivity index (χ4n) is 4.71. The number of hydroxylamine groups is 1. The molecule has 2 aliphatic rings. The number of sulfonamides is 1. The van der Waals surface area contributed by atoms with Crippen LogP contribution in [-0.4, -0.2) is 97.6 Å². The molecule has 1 aromatic heterocycles. The van der Waals surface area contributed by atoms with Crippen molar-refractivity contribution in [1.82, 2.24) is 19.7 Å². The molecule has 41 heavy (non-hydrogen) atoms. The molecule has 13 nitrogen and oxygen atoms in total. The van der Waals surface area contributed by atoms with Gasteiger partial charge < -0.3 is 18.9 Å². The molecule has 1 aromatic carbocycles. The monoisotopic (exact) mass is 604 g/mol. The number of nitrogens with one attached hydrogen (secondary N) is 1. The lowest BCUT2D eigenvalue weighted by Gasteiger charge is -2.44. The third-order valence-electron chi connectivity index (χ3n) is 6.48. The predicted octanol–water partition coefficient (Wildman–Crippen LogP) is 2.31. The number of hydrogen-bond donors (Lipinski definition) is 2. The summed E-state index contributed by atoms with van der Waals surface area (Å²) in [6.07, 6.45) is -3.46. The fraction of sp³-hybridized carbons (Fsp3) is 0.458. The van der Waals surface area contributed by atoms with E-state index >= 15 is 0 Å². The summed E-state index contributed by atoms with van der Waals surface area (Å²) in [5, 5.41) is 9.37. The average molecular weight is 605 g/mol. The Kier molecular flexibility index (Phi) is 9.21. The maximum Gasteiger partial charge on any atom is 0.422 e. The number of piperazine rings is 1. The normalized spacial score (nSPS) is 20.9. The van der Waals surface area contributed by atoms with Crippen molar-refractivity contribution in [3.05, 3.63) is 42.6 Å². The third kappa shape index (κ3) is 6.98. The summed E-state index contributed by atoms with van der Waals surface area (Å²) >= 11 is 0. The Hall–Kier alpha value is -3.67. The molecular formula is C24H27F3N4O9S. The van der Waals surface area contributed by atoms with Gasteiger partial charge in [-0.3, -0.25) is 14.9 Å². The van der Waals surface area contributed by atoms with Gasteiger partial charge in [0.15, 0.2) is 6.61 Å². The first kappa shape index (κ1) is 30.3. The van der Waals surface area contributed by atoms with E-state index in [1.54, 1.807) is 0 Å². The zero-order valence-corrected chi connectivity index (χ0v) is 22.4. The number of amides is 2. The van der Waals surface area contributed by atoms with Crippen molar-refractivity contribution in [2.75, 3.05) is 33.5 Å². The third-order valence-corrected chi connectivity index (χ3v) is 8.31. The SMILES string of the molecule is COCCOC(=O)N1[C@@H]2CC[C@H]1[C@H](C(=O)NO)N(S(=O)(=O)c1ccc(Oc3ccc(OCC(F)(F)F)cc3)nc1)C2. The molecule has 2 fully saturated rings. The standard InChI is InChI=1S/C24H27F3N4O9S/c1-37-10-11-38-23(33)31-15-2-8-19(31)21(22(32)29-34)30(13-15)41(35,36)18-7-9-20(28-12-18)40-17-5-3-16(4-6-17)39-14-24(25,26)27/h3-7,9,12,15,19,21,34H,2,8,10-11,13-14H2,1H3,(H,29,32)/t15-,19+,21-/m1/s1. The van der Waals surface area contributed by atoms with Crippen molar-refractivity contribution in [2.45, 2.75) is 42.0 Å². The number of ether oxygens (including phenoxy) is 4. The van der Waals surface area contributed by atoms with Crippen LogP contribution in [0.25, 0.3) is 0 Å². The fourth-order valence-corrected chi connectivity index (χ4v) is 6.31. The second-order valence-corrected chi connectivity index (χ2v) is 11.0. The Balaban J connectivity index is 1.48. The van der Waals surface area contributed by atoms with Gasteiger partial charge >= 0.3 is 12.3 Å². The zero-order valence-electron chi connectivity index (χ0n) is 21.6. The van der Waals surface area contributed by atoms with Crippen molar-refractivity contribution in [1.29, 1.82) is 0 Å². The number of carbonyl (C=O) groups is 2. The van der Waals surface area contributed by atoms with Crippen LogP contribution in [0.5, 0.6) is 17.4 Å². The number of alkyl halides is 3. The van der Waals surface area contributed by atoms with E-state index in [1.807, 2.05) is 0 Å². The van der Waals surface area contributed by atoms with Gasteiger partial charge in [0.2, 0.25) is 15.9 Å². The van der Waals surface area contributed by atoms with E-state index in [0.717, 1.165) is 10.5 Å². The molecule has 2 saturated heterocycles. The second kappa shape index (κ2) is 12.5. The molecule has 4 rings (SSSR count). The van der Waals surface area contributed by atoms with E-state index in [4.69, 9.17) is 14.2 Å². The van der Waals surface area contributed by atoms with E-state index < -0.39 is 52.9 Å². The van der Waals surface area contributed by atoms with Gasteiger partial charge in [0.25, 0.3) is 5.91 Å². The summed E-state index contributed by atoms with van der Waals surface area (Å²) in [5.41, 5.74) is 1.49. The van der Waals surface area contributed by atoms with Crippen molar-refractivity contribution >= 4 is 22.0 Å². The zero-order chi connectivity index (χ0) is 29.8. The lowest BCUT2D eigenvalue weighted by atomic mass is 10.1. The smallest absolute Gasteiger partial charge is 0.422 e. The molecule has 0 saturated carbocycles. The van der Waals surface area contributed by atoms with Crippen LogP contribution in [0, 0.1) is 0 Å². The van der Waals surface area contributed by atoms with E-state index in [-0.39, 0.29) is 42.0 Å². The summed E-state index contributed by atoms with van der Waals surface area (Å²) in [6, 6.07) is 4.83. The molecule has 2 N–H and O–H groups in total. The van der Waals surface area contributed by atoms with Gasteiger partial charge in [-0.15, -0.1) is 0 Å². The Morgan fingerprint density at radius 1 is 1.10 bits per heavy atom. The molecular weight excluding hydrogens is 577 g/mol. The molecule has 2 aliphatic heterocycles. The highest BCUT2D eigenvalue weighted by Crippen LogP contribution is 2.38. The van der Waals surface area contributed by atoms with Gasteiger partial charge in [0.05, 0.1) is 18.8 Å². The Morgan fingerprint density at radius 2 is 1.80 bits per heavy atom. The minimum absolute atomic E-state index is 0.0127. The molecule has 224 valence electrons. The quantitative estimate of drug-likeness (QED) is 0.234. The first-order valence-electron chi connectivity index (χ1n) is 12.3. The van der Waals surface area contributed by atoms with Crippen LogP contribution in [0.3, 0.4) is 0 Å². The minimum Gasteiger partial charge on any atom is -0.484 e. The lowest BCUT2D eigenvalue weighted by Crippen LogP contribution is -2.66. The van der Waals surface area contributed by atoms with Gasteiger partial charge in [-0.1, -0.05) is 0 Å². The predicted molar refractivity (Wildman–Crippen MR) is 132 cm³/mol. The van der Waals surface area contributed by atoms with E-state index in [2.05, 4.69) is 9.72 Å². The molecule has 2 amide bonds. The Morgan fingerprint density at radius 3 is 2.41 bits per heavy atom.